The molecule has 1 N–H and O–H groups in total. The maximum atomic E-state index is 10.4. The molecule has 0 aliphatic rings. The molecule has 0 aliphatic heterocycles. The summed E-state index contributed by atoms with van der Waals surface area (Å²) in [5.41, 5.74) is 5.85. The molecule has 0 saturated carbocycles. The number of hydrogen-bond acceptors (Lipinski definition) is 2. The Morgan fingerprint density at radius 1 is 1.21 bits per heavy atom. The number of aromatic nitrogens is 2. The van der Waals surface area contributed by atoms with E-state index >= 15 is 0 Å². The van der Waals surface area contributed by atoms with Gasteiger partial charge in [0.25, 0.3) is 0 Å². The molecule has 2 rings (SSSR count). The molecule has 1 atom stereocenters. The average Bonchev–Trinajstić information content (AvgIpc) is 2.71. The summed E-state index contributed by atoms with van der Waals surface area (Å²) in [4.78, 5) is 0. The monoisotopic (exact) mass is 258 g/mol. The van der Waals surface area contributed by atoms with E-state index in [1.165, 1.54) is 22.3 Å². The maximum Gasteiger partial charge on any atom is 0.0798 e. The smallest absolute Gasteiger partial charge is 0.0798 e. The van der Waals surface area contributed by atoms with Crippen LogP contribution in [0, 0.1) is 20.8 Å². The summed E-state index contributed by atoms with van der Waals surface area (Å²) >= 11 is 0. The van der Waals surface area contributed by atoms with Crippen LogP contribution in [0.2, 0.25) is 0 Å². The van der Waals surface area contributed by atoms with E-state index in [2.05, 4.69) is 38.0 Å². The Labute approximate surface area is 114 Å². The molecule has 3 nitrogen and oxygen atoms in total. The van der Waals surface area contributed by atoms with Crippen molar-refractivity contribution in [2.24, 2.45) is 7.05 Å². The van der Waals surface area contributed by atoms with E-state index in [0.29, 0.717) is 0 Å². The summed E-state index contributed by atoms with van der Waals surface area (Å²) in [6, 6.07) is 4.27. The lowest BCUT2D eigenvalue weighted by atomic mass is 9.93. The van der Waals surface area contributed by atoms with Crippen molar-refractivity contribution in [1.29, 1.82) is 0 Å². The minimum absolute atomic E-state index is 0.402. The molecule has 1 aromatic heterocycles. The minimum atomic E-state index is -0.402. The Bertz CT molecular complexity index is 549. The SMILES string of the molecule is Cc1cc(C)c(C(O)CCc2cnn(C)c2)c(C)c1. The third-order valence-electron chi connectivity index (χ3n) is 3.54. The van der Waals surface area contributed by atoms with Crippen LogP contribution in [0.3, 0.4) is 0 Å². The highest BCUT2D eigenvalue weighted by Crippen LogP contribution is 2.26. The van der Waals surface area contributed by atoms with Gasteiger partial charge in [-0.1, -0.05) is 17.7 Å². The van der Waals surface area contributed by atoms with Gasteiger partial charge in [0.05, 0.1) is 12.3 Å². The quantitative estimate of drug-likeness (QED) is 0.915. The fourth-order valence-electron chi connectivity index (χ4n) is 2.77. The lowest BCUT2D eigenvalue weighted by Gasteiger charge is -2.17. The van der Waals surface area contributed by atoms with Gasteiger partial charge in [0.2, 0.25) is 0 Å². The van der Waals surface area contributed by atoms with E-state index in [1.54, 1.807) is 4.68 Å². The molecule has 1 aromatic carbocycles. The Morgan fingerprint density at radius 2 is 1.84 bits per heavy atom. The van der Waals surface area contributed by atoms with Gasteiger partial charge in [0.15, 0.2) is 0 Å². The van der Waals surface area contributed by atoms with E-state index in [4.69, 9.17) is 0 Å². The second-order valence-electron chi connectivity index (χ2n) is 5.39. The molecular weight excluding hydrogens is 236 g/mol. The lowest BCUT2D eigenvalue weighted by Crippen LogP contribution is -2.05. The van der Waals surface area contributed by atoms with Crippen molar-refractivity contribution in [3.8, 4) is 0 Å². The highest BCUT2D eigenvalue weighted by atomic mass is 16.3. The highest BCUT2D eigenvalue weighted by molar-refractivity contribution is 5.39. The van der Waals surface area contributed by atoms with Crippen molar-refractivity contribution in [2.45, 2.75) is 39.7 Å². The Balaban J connectivity index is 2.10. The van der Waals surface area contributed by atoms with E-state index in [0.717, 1.165) is 18.4 Å². The third kappa shape index (κ3) is 3.24. The van der Waals surface area contributed by atoms with Gasteiger partial charge in [-0.05, 0) is 55.9 Å². The number of rotatable bonds is 4. The van der Waals surface area contributed by atoms with Crippen molar-refractivity contribution in [2.75, 3.05) is 0 Å². The van der Waals surface area contributed by atoms with Gasteiger partial charge < -0.3 is 5.11 Å². The first-order chi connectivity index (χ1) is 8.97. The first-order valence-electron chi connectivity index (χ1n) is 6.70. The largest absolute Gasteiger partial charge is 0.388 e. The molecule has 102 valence electrons. The summed E-state index contributed by atoms with van der Waals surface area (Å²) in [6.45, 7) is 6.23. The van der Waals surface area contributed by atoms with Crippen LogP contribution in [0.25, 0.3) is 0 Å². The van der Waals surface area contributed by atoms with Crippen LogP contribution in [0.4, 0.5) is 0 Å². The van der Waals surface area contributed by atoms with Gasteiger partial charge in [-0.3, -0.25) is 4.68 Å². The van der Waals surface area contributed by atoms with Gasteiger partial charge in [0.1, 0.15) is 0 Å². The second kappa shape index (κ2) is 5.57. The zero-order valence-corrected chi connectivity index (χ0v) is 12.1. The molecule has 0 saturated heterocycles. The predicted octanol–water partition coefficient (Wildman–Crippen LogP) is 3.01. The number of aliphatic hydroxyl groups is 1. The zero-order valence-electron chi connectivity index (χ0n) is 12.1. The molecule has 0 radical (unpaired) electrons. The summed E-state index contributed by atoms with van der Waals surface area (Å²) in [6.07, 6.45) is 5.04. The number of hydrogen-bond donors (Lipinski definition) is 1. The van der Waals surface area contributed by atoms with Gasteiger partial charge in [0, 0.05) is 13.2 Å². The molecule has 0 bridgehead atoms. The summed E-state index contributed by atoms with van der Waals surface area (Å²) in [7, 11) is 1.91. The van der Waals surface area contributed by atoms with E-state index in [-0.39, 0.29) is 0 Å². The number of aliphatic hydroxyl groups excluding tert-OH is 1. The van der Waals surface area contributed by atoms with Crippen molar-refractivity contribution >= 4 is 0 Å². The van der Waals surface area contributed by atoms with Gasteiger partial charge >= 0.3 is 0 Å². The second-order valence-corrected chi connectivity index (χ2v) is 5.39. The van der Waals surface area contributed by atoms with Crippen LogP contribution >= 0.6 is 0 Å². The minimum Gasteiger partial charge on any atom is -0.388 e. The topological polar surface area (TPSA) is 38.1 Å². The number of benzene rings is 1. The molecule has 1 heterocycles. The Morgan fingerprint density at radius 3 is 2.37 bits per heavy atom. The van der Waals surface area contributed by atoms with Crippen LogP contribution in [0.5, 0.6) is 0 Å². The van der Waals surface area contributed by atoms with Gasteiger partial charge in [-0.2, -0.15) is 5.10 Å². The average molecular weight is 258 g/mol. The van der Waals surface area contributed by atoms with Crippen molar-refractivity contribution in [1.82, 2.24) is 9.78 Å². The lowest BCUT2D eigenvalue weighted by molar-refractivity contribution is 0.166. The van der Waals surface area contributed by atoms with Crippen LogP contribution in [0.15, 0.2) is 24.5 Å². The Hall–Kier alpha value is -1.61. The highest BCUT2D eigenvalue weighted by Gasteiger charge is 2.14. The molecule has 0 fully saturated rings. The maximum absolute atomic E-state index is 10.4. The predicted molar refractivity (Wildman–Crippen MR) is 77.1 cm³/mol. The Kier molecular flexibility index (Phi) is 4.05. The fourth-order valence-corrected chi connectivity index (χ4v) is 2.77. The zero-order chi connectivity index (χ0) is 14.0. The van der Waals surface area contributed by atoms with Gasteiger partial charge in [-0.25, -0.2) is 0 Å². The molecule has 0 aliphatic carbocycles. The van der Waals surface area contributed by atoms with Crippen molar-refractivity contribution in [3.05, 3.63) is 52.3 Å². The molecule has 2 aromatic rings. The fraction of sp³-hybridized carbons (Fsp3) is 0.438. The molecular formula is C16H22N2O. The van der Waals surface area contributed by atoms with Crippen LogP contribution in [-0.2, 0) is 13.5 Å². The summed E-state index contributed by atoms with van der Waals surface area (Å²) < 4.78 is 1.80. The first-order valence-corrected chi connectivity index (χ1v) is 6.70. The van der Waals surface area contributed by atoms with E-state index in [1.807, 2.05) is 19.4 Å². The molecule has 1 unspecified atom stereocenters. The molecule has 0 spiro atoms. The number of aryl methyl sites for hydroxylation is 5. The van der Waals surface area contributed by atoms with E-state index < -0.39 is 6.10 Å². The van der Waals surface area contributed by atoms with Gasteiger partial charge in [-0.15, -0.1) is 0 Å². The van der Waals surface area contributed by atoms with Crippen molar-refractivity contribution < 1.29 is 5.11 Å². The standard InChI is InChI=1S/C16H22N2O/c1-11-7-12(2)16(13(3)8-11)15(19)6-5-14-9-17-18(4)10-14/h7-10,15,19H,5-6H2,1-4H3. The normalized spacial score (nSPS) is 12.7. The van der Waals surface area contributed by atoms with Crippen LogP contribution in [-0.4, -0.2) is 14.9 Å². The molecule has 19 heavy (non-hydrogen) atoms. The van der Waals surface area contributed by atoms with Crippen LogP contribution < -0.4 is 0 Å². The molecule has 0 amide bonds. The van der Waals surface area contributed by atoms with Crippen LogP contribution in [0.1, 0.15) is 40.3 Å². The number of nitrogens with zero attached hydrogens (tertiary/aromatic N) is 2. The summed E-state index contributed by atoms with van der Waals surface area (Å²) in [5, 5.41) is 14.6. The first kappa shape index (κ1) is 13.8. The summed E-state index contributed by atoms with van der Waals surface area (Å²) in [5.74, 6) is 0. The third-order valence-corrected chi connectivity index (χ3v) is 3.54. The molecule has 3 heteroatoms. The van der Waals surface area contributed by atoms with Crippen molar-refractivity contribution in [3.63, 3.8) is 0 Å². The van der Waals surface area contributed by atoms with E-state index in [9.17, 15) is 5.11 Å².